The van der Waals surface area contributed by atoms with Crippen molar-refractivity contribution in [3.05, 3.63) is 29.2 Å². The minimum Gasteiger partial charge on any atom is -0.379 e. The van der Waals surface area contributed by atoms with Crippen LogP contribution in [-0.4, -0.2) is 64.8 Å². The van der Waals surface area contributed by atoms with Gasteiger partial charge in [-0.1, -0.05) is 0 Å². The normalized spacial score (nSPS) is 15.9. The third-order valence-corrected chi connectivity index (χ3v) is 3.97. The van der Waals surface area contributed by atoms with Crippen molar-refractivity contribution in [2.24, 2.45) is 0 Å². The fourth-order valence-electron chi connectivity index (χ4n) is 2.64. The van der Waals surface area contributed by atoms with E-state index >= 15 is 0 Å². The Bertz CT molecular complexity index is 777. The molecule has 0 atom stereocenters. The Morgan fingerprint density at radius 1 is 1.19 bits per heavy atom. The van der Waals surface area contributed by atoms with Gasteiger partial charge in [0, 0.05) is 32.2 Å². The second-order valence-corrected chi connectivity index (χ2v) is 5.72. The van der Waals surface area contributed by atoms with E-state index in [4.69, 9.17) is 4.74 Å². The van der Waals surface area contributed by atoms with E-state index in [0.717, 1.165) is 19.2 Å². The number of rotatable bonds is 6. The monoisotopic (exact) mass is 375 g/mol. The molecule has 11 heteroatoms. The van der Waals surface area contributed by atoms with Gasteiger partial charge < -0.3 is 10.1 Å². The average Bonchev–Trinajstić information content (AvgIpc) is 3.05. The lowest BCUT2D eigenvalue weighted by Gasteiger charge is -2.26. The van der Waals surface area contributed by atoms with Crippen LogP contribution in [0.4, 0.5) is 17.6 Å². The molecule has 0 spiro atoms. The number of hydrogen-bond acceptors (Lipinski definition) is 5. The molecule has 142 valence electrons. The number of aromatic nitrogens is 3. The van der Waals surface area contributed by atoms with Gasteiger partial charge in [0.1, 0.15) is 11.4 Å². The summed E-state index contributed by atoms with van der Waals surface area (Å²) in [7, 11) is 0. The smallest absolute Gasteiger partial charge is 0.280 e. The molecule has 0 aliphatic carbocycles. The molecule has 0 unspecified atom stereocenters. The average molecular weight is 375 g/mol. The van der Waals surface area contributed by atoms with Crippen molar-refractivity contribution >= 4 is 11.6 Å². The summed E-state index contributed by atoms with van der Waals surface area (Å²) in [5.41, 5.74) is -1.91. The molecule has 0 aromatic carbocycles. The minimum absolute atomic E-state index is 0.159. The van der Waals surface area contributed by atoms with Crippen molar-refractivity contribution in [3.8, 4) is 0 Å². The number of alkyl halides is 4. The molecular weight excluding hydrogens is 358 g/mol. The number of ether oxygens (including phenoxy) is 1. The van der Waals surface area contributed by atoms with E-state index in [1.54, 1.807) is 0 Å². The van der Waals surface area contributed by atoms with Crippen LogP contribution in [0.3, 0.4) is 0 Å². The zero-order valence-electron chi connectivity index (χ0n) is 13.7. The molecule has 1 saturated heterocycles. The molecule has 1 aliphatic heterocycles. The van der Waals surface area contributed by atoms with Gasteiger partial charge in [-0.2, -0.15) is 5.10 Å². The Kier molecular flexibility index (Phi) is 5.67. The van der Waals surface area contributed by atoms with Gasteiger partial charge in [0.05, 0.1) is 13.2 Å². The molecule has 1 aliphatic rings. The first-order chi connectivity index (χ1) is 12.5. The molecule has 2 aromatic heterocycles. The largest absolute Gasteiger partial charge is 0.379 e. The van der Waals surface area contributed by atoms with Crippen LogP contribution in [0.2, 0.25) is 0 Å². The Labute approximate surface area is 145 Å². The number of fused-ring (bicyclic) bond motifs is 1. The van der Waals surface area contributed by atoms with Gasteiger partial charge in [-0.05, 0) is 6.07 Å². The summed E-state index contributed by atoms with van der Waals surface area (Å²) in [4.78, 5) is 17.9. The van der Waals surface area contributed by atoms with Crippen LogP contribution in [-0.2, 0) is 4.74 Å². The highest BCUT2D eigenvalue weighted by atomic mass is 19.3. The van der Waals surface area contributed by atoms with E-state index in [-0.39, 0.29) is 11.3 Å². The molecule has 1 N–H and O–H groups in total. The number of carbonyl (C=O) groups excluding carboxylic acids is 1. The predicted molar refractivity (Wildman–Crippen MR) is 82.5 cm³/mol. The first-order valence-corrected chi connectivity index (χ1v) is 8.01. The first kappa shape index (κ1) is 18.5. The second-order valence-electron chi connectivity index (χ2n) is 5.72. The number of amides is 1. The molecule has 0 radical (unpaired) electrons. The van der Waals surface area contributed by atoms with E-state index in [2.05, 4.69) is 20.3 Å². The zero-order valence-corrected chi connectivity index (χ0v) is 13.7. The van der Waals surface area contributed by atoms with Crippen LogP contribution < -0.4 is 5.32 Å². The van der Waals surface area contributed by atoms with Gasteiger partial charge in [0.25, 0.3) is 18.8 Å². The summed E-state index contributed by atoms with van der Waals surface area (Å²) in [6.45, 7) is 3.75. The van der Waals surface area contributed by atoms with Crippen LogP contribution >= 0.6 is 0 Å². The van der Waals surface area contributed by atoms with Gasteiger partial charge >= 0.3 is 0 Å². The van der Waals surface area contributed by atoms with Gasteiger partial charge in [-0.25, -0.2) is 27.1 Å². The number of halogens is 4. The molecule has 1 fully saturated rings. The fraction of sp³-hybridized carbons (Fsp3) is 0.533. The van der Waals surface area contributed by atoms with Crippen molar-refractivity contribution in [3.63, 3.8) is 0 Å². The van der Waals surface area contributed by atoms with Gasteiger partial charge in [0.2, 0.25) is 0 Å². The summed E-state index contributed by atoms with van der Waals surface area (Å²) in [6, 6.07) is 1.71. The highest BCUT2D eigenvalue weighted by Crippen LogP contribution is 2.25. The molecular formula is C15H17F4N5O2. The van der Waals surface area contributed by atoms with Crippen molar-refractivity contribution in [2.45, 2.75) is 12.9 Å². The lowest BCUT2D eigenvalue weighted by atomic mass is 10.3. The molecule has 3 heterocycles. The van der Waals surface area contributed by atoms with Gasteiger partial charge in [-0.15, -0.1) is 0 Å². The van der Waals surface area contributed by atoms with E-state index in [1.807, 2.05) is 0 Å². The van der Waals surface area contributed by atoms with Gasteiger partial charge in [-0.3, -0.25) is 9.69 Å². The Morgan fingerprint density at radius 2 is 1.92 bits per heavy atom. The third-order valence-electron chi connectivity index (χ3n) is 3.97. The summed E-state index contributed by atoms with van der Waals surface area (Å²) >= 11 is 0. The summed E-state index contributed by atoms with van der Waals surface area (Å²) in [6.07, 6.45) is -6.03. The number of hydrogen-bond donors (Lipinski definition) is 1. The molecule has 2 aromatic rings. The molecule has 1 amide bonds. The topological polar surface area (TPSA) is 71.8 Å². The van der Waals surface area contributed by atoms with Crippen LogP contribution in [0.5, 0.6) is 0 Å². The zero-order chi connectivity index (χ0) is 18.7. The number of nitrogens with one attached hydrogen (secondary N) is 1. The Morgan fingerprint density at radius 3 is 2.58 bits per heavy atom. The quantitative estimate of drug-likeness (QED) is 0.778. The molecule has 0 saturated carbocycles. The van der Waals surface area contributed by atoms with Crippen LogP contribution in [0.1, 0.15) is 34.7 Å². The third kappa shape index (κ3) is 4.10. The van der Waals surface area contributed by atoms with Crippen molar-refractivity contribution < 1.29 is 27.1 Å². The highest BCUT2D eigenvalue weighted by Gasteiger charge is 2.22. The van der Waals surface area contributed by atoms with Gasteiger partial charge in [0.15, 0.2) is 11.3 Å². The molecule has 7 nitrogen and oxygen atoms in total. The van der Waals surface area contributed by atoms with Crippen LogP contribution in [0.25, 0.3) is 5.65 Å². The van der Waals surface area contributed by atoms with E-state index in [1.165, 1.54) is 0 Å². The maximum atomic E-state index is 13.1. The lowest BCUT2D eigenvalue weighted by Crippen LogP contribution is -2.41. The Hall–Kier alpha value is -2.27. The van der Waals surface area contributed by atoms with Crippen LogP contribution in [0, 0.1) is 0 Å². The van der Waals surface area contributed by atoms with E-state index in [9.17, 15) is 22.4 Å². The summed E-state index contributed by atoms with van der Waals surface area (Å²) in [5.74, 6) is -0.581. The summed E-state index contributed by atoms with van der Waals surface area (Å²) < 4.78 is 57.8. The molecule has 26 heavy (non-hydrogen) atoms. The first-order valence-electron chi connectivity index (χ1n) is 8.01. The SMILES string of the molecule is O=C(NCCN1CCOCC1)c1cc2nc(C(F)F)cc(C(F)F)n2n1. The number of morpholine rings is 1. The fourth-order valence-corrected chi connectivity index (χ4v) is 2.64. The molecule has 3 rings (SSSR count). The maximum absolute atomic E-state index is 13.1. The Balaban J connectivity index is 1.73. The molecule has 0 bridgehead atoms. The second kappa shape index (κ2) is 7.96. The minimum atomic E-state index is -3.03. The highest BCUT2D eigenvalue weighted by molar-refractivity contribution is 5.93. The maximum Gasteiger partial charge on any atom is 0.280 e. The predicted octanol–water partition coefficient (Wildman–Crippen LogP) is 1.67. The van der Waals surface area contributed by atoms with Crippen molar-refractivity contribution in [1.29, 1.82) is 0 Å². The van der Waals surface area contributed by atoms with E-state index < -0.39 is 30.1 Å². The number of carbonyl (C=O) groups is 1. The van der Waals surface area contributed by atoms with Crippen LogP contribution in [0.15, 0.2) is 12.1 Å². The van der Waals surface area contributed by atoms with Crippen molar-refractivity contribution in [1.82, 2.24) is 24.8 Å². The summed E-state index contributed by atoms with van der Waals surface area (Å²) in [5, 5.41) is 6.42. The van der Waals surface area contributed by atoms with Crippen molar-refractivity contribution in [2.75, 3.05) is 39.4 Å². The standard InChI is InChI=1S/C15H17F4N5O2/c16-13(17)9-7-11(14(18)19)24-12(21-9)8-10(22-24)15(25)20-1-2-23-3-5-26-6-4-23/h7-8,13-14H,1-6H2,(H,20,25). The van der Waals surface area contributed by atoms with E-state index in [0.29, 0.717) is 36.9 Å². The number of nitrogens with zero attached hydrogens (tertiary/aromatic N) is 4. The lowest BCUT2D eigenvalue weighted by molar-refractivity contribution is 0.0383.